The van der Waals surface area contributed by atoms with E-state index in [1.807, 2.05) is 16.0 Å². The molecule has 0 aliphatic carbocycles. The molecule has 1 aliphatic heterocycles. The molecule has 2 N–H and O–H groups in total. The van der Waals surface area contributed by atoms with Crippen LogP contribution in [0.2, 0.25) is 0 Å². The summed E-state index contributed by atoms with van der Waals surface area (Å²) in [6.45, 7) is 0. The molecule has 0 amide bonds. The van der Waals surface area contributed by atoms with Crippen LogP contribution in [-0.4, -0.2) is 26.5 Å². The first-order valence-electron chi connectivity index (χ1n) is 5.64. The number of carboxylic acids is 1. The Morgan fingerprint density at radius 1 is 1.59 bits per heavy atom. The van der Waals surface area contributed by atoms with Crippen LogP contribution in [0, 0.1) is 0 Å². The van der Waals surface area contributed by atoms with E-state index in [0.29, 0.717) is 6.42 Å². The molecule has 2 unspecified atom stereocenters. The molecule has 0 bridgehead atoms. The minimum Gasteiger partial charge on any atom is -0.480 e. The van der Waals surface area contributed by atoms with Crippen LogP contribution < -0.4 is 5.32 Å². The van der Waals surface area contributed by atoms with Gasteiger partial charge < -0.3 is 5.11 Å². The van der Waals surface area contributed by atoms with E-state index in [4.69, 9.17) is 5.11 Å². The molecule has 2 atom stereocenters. The molecule has 90 valence electrons. The molecule has 0 aromatic carbocycles. The number of rotatable bonds is 2. The minimum atomic E-state index is -0.767. The van der Waals surface area contributed by atoms with Gasteiger partial charge >= 0.3 is 5.97 Å². The Hall–Kier alpha value is -1.40. The molecule has 1 fully saturated rings. The van der Waals surface area contributed by atoms with Crippen LogP contribution in [-0.2, 0) is 4.79 Å². The molecular formula is C11H13N3O2S. The Balaban J connectivity index is 1.89. The maximum Gasteiger partial charge on any atom is 0.320 e. The van der Waals surface area contributed by atoms with Gasteiger partial charge in [-0.05, 0) is 19.3 Å². The lowest BCUT2D eigenvalue weighted by atomic mass is 9.97. The average molecular weight is 251 g/mol. The molecule has 1 saturated heterocycles. The lowest BCUT2D eigenvalue weighted by molar-refractivity contribution is -0.140. The molecule has 2 aromatic rings. The number of carbonyl (C=O) groups is 1. The number of hydrogen-bond acceptors (Lipinski definition) is 4. The topological polar surface area (TPSA) is 66.6 Å². The van der Waals surface area contributed by atoms with Crippen molar-refractivity contribution < 1.29 is 9.90 Å². The smallest absolute Gasteiger partial charge is 0.320 e. The van der Waals surface area contributed by atoms with E-state index in [-0.39, 0.29) is 6.04 Å². The zero-order chi connectivity index (χ0) is 11.8. The molecule has 0 saturated carbocycles. The maximum atomic E-state index is 11.0. The number of carboxylic acid groups (broad SMARTS) is 1. The van der Waals surface area contributed by atoms with E-state index in [9.17, 15) is 4.79 Å². The monoisotopic (exact) mass is 251 g/mol. The second-order valence-corrected chi connectivity index (χ2v) is 5.18. The first-order valence-corrected chi connectivity index (χ1v) is 6.52. The lowest BCUT2D eigenvalue weighted by Crippen LogP contribution is -2.42. The van der Waals surface area contributed by atoms with Gasteiger partial charge in [0.2, 0.25) is 0 Å². The van der Waals surface area contributed by atoms with Crippen molar-refractivity contribution in [2.45, 2.75) is 31.3 Å². The quantitative estimate of drug-likeness (QED) is 0.852. The summed E-state index contributed by atoms with van der Waals surface area (Å²) in [4.78, 5) is 16.5. The predicted molar refractivity (Wildman–Crippen MR) is 64.2 cm³/mol. The number of imidazole rings is 1. The largest absolute Gasteiger partial charge is 0.480 e. The normalized spacial score (nSPS) is 25.2. The summed E-state index contributed by atoms with van der Waals surface area (Å²) >= 11 is 1.64. The molecule has 3 rings (SSSR count). The molecule has 0 spiro atoms. The van der Waals surface area contributed by atoms with Gasteiger partial charge in [-0.15, -0.1) is 11.3 Å². The molecule has 2 aromatic heterocycles. The van der Waals surface area contributed by atoms with Crippen molar-refractivity contribution in [2.75, 3.05) is 0 Å². The molecule has 5 nitrogen and oxygen atoms in total. The Morgan fingerprint density at radius 2 is 2.47 bits per heavy atom. The molecule has 1 aliphatic rings. The highest BCUT2D eigenvalue weighted by atomic mass is 32.1. The third kappa shape index (κ3) is 1.83. The van der Waals surface area contributed by atoms with Crippen LogP contribution in [0.1, 0.15) is 31.0 Å². The van der Waals surface area contributed by atoms with E-state index in [1.54, 1.807) is 17.7 Å². The first-order chi connectivity index (χ1) is 8.25. The molecule has 0 radical (unpaired) electrons. The number of thiazole rings is 1. The van der Waals surface area contributed by atoms with Crippen molar-refractivity contribution in [1.82, 2.24) is 14.7 Å². The fraction of sp³-hybridized carbons (Fsp3) is 0.455. The molecule has 6 heteroatoms. The van der Waals surface area contributed by atoms with Gasteiger partial charge in [-0.3, -0.25) is 14.5 Å². The number of piperidine rings is 1. The third-order valence-corrected chi connectivity index (χ3v) is 4.09. The summed E-state index contributed by atoms with van der Waals surface area (Å²) in [5, 5.41) is 14.2. The van der Waals surface area contributed by atoms with Gasteiger partial charge in [-0.25, -0.2) is 4.98 Å². The Morgan fingerprint density at radius 3 is 3.29 bits per heavy atom. The van der Waals surface area contributed by atoms with Crippen LogP contribution >= 0.6 is 11.3 Å². The molecule has 17 heavy (non-hydrogen) atoms. The number of nitrogens with zero attached hydrogens (tertiary/aromatic N) is 2. The van der Waals surface area contributed by atoms with Crippen molar-refractivity contribution in [2.24, 2.45) is 0 Å². The fourth-order valence-corrected chi connectivity index (χ4v) is 3.20. The Labute approximate surface area is 102 Å². The van der Waals surface area contributed by atoms with Crippen LogP contribution in [0.15, 0.2) is 17.9 Å². The predicted octanol–water partition coefficient (Wildman–Crippen LogP) is 1.66. The number of nitrogens with one attached hydrogen (secondary N) is 1. The number of aromatic nitrogens is 2. The van der Waals surface area contributed by atoms with Gasteiger partial charge in [0.25, 0.3) is 0 Å². The van der Waals surface area contributed by atoms with Gasteiger partial charge in [0, 0.05) is 11.6 Å². The summed E-state index contributed by atoms with van der Waals surface area (Å²) < 4.78 is 1.98. The van der Waals surface area contributed by atoms with Crippen LogP contribution in [0.5, 0.6) is 0 Å². The summed E-state index contributed by atoms with van der Waals surface area (Å²) in [5.74, 6) is -0.767. The maximum absolute atomic E-state index is 11.0. The van der Waals surface area contributed by atoms with Gasteiger partial charge in [0.05, 0.1) is 11.7 Å². The second-order valence-electron chi connectivity index (χ2n) is 4.29. The van der Waals surface area contributed by atoms with E-state index in [1.165, 1.54) is 0 Å². The Bertz CT molecular complexity index is 548. The van der Waals surface area contributed by atoms with Crippen LogP contribution in [0.3, 0.4) is 0 Å². The summed E-state index contributed by atoms with van der Waals surface area (Å²) in [6.07, 6.45) is 6.34. The van der Waals surface area contributed by atoms with Crippen LogP contribution in [0.25, 0.3) is 4.83 Å². The first kappa shape index (κ1) is 10.7. The summed E-state index contributed by atoms with van der Waals surface area (Å²) in [5.41, 5.74) is 0.978. The molecule has 3 heterocycles. The van der Waals surface area contributed by atoms with E-state index in [0.717, 1.165) is 23.4 Å². The SMILES string of the molecule is O=C(O)C1CCCC(c2ncn3ccsc23)N1. The van der Waals surface area contributed by atoms with E-state index >= 15 is 0 Å². The number of hydrogen-bond donors (Lipinski definition) is 2. The summed E-state index contributed by atoms with van der Waals surface area (Å²) in [6, 6.07) is -0.376. The van der Waals surface area contributed by atoms with Gasteiger partial charge in [-0.2, -0.15) is 0 Å². The van der Waals surface area contributed by atoms with Crippen LogP contribution in [0.4, 0.5) is 0 Å². The van der Waals surface area contributed by atoms with Crippen molar-refractivity contribution in [3.63, 3.8) is 0 Å². The van der Waals surface area contributed by atoms with Crippen molar-refractivity contribution in [3.8, 4) is 0 Å². The molecular weight excluding hydrogens is 238 g/mol. The minimum absolute atomic E-state index is 0.0634. The highest BCUT2D eigenvalue weighted by molar-refractivity contribution is 7.15. The highest BCUT2D eigenvalue weighted by Gasteiger charge is 2.29. The standard InChI is InChI=1S/C11H13N3O2S/c15-11(16)8-3-1-2-7(13-8)9-10-14(6-12-9)4-5-17-10/h4-8,13H,1-3H2,(H,15,16). The summed E-state index contributed by atoms with van der Waals surface area (Å²) in [7, 11) is 0. The average Bonchev–Trinajstić information content (AvgIpc) is 2.90. The Kier molecular flexibility index (Phi) is 2.60. The van der Waals surface area contributed by atoms with Gasteiger partial charge in [0.1, 0.15) is 17.2 Å². The fourth-order valence-electron chi connectivity index (χ4n) is 2.34. The highest BCUT2D eigenvalue weighted by Crippen LogP contribution is 2.29. The number of aliphatic carboxylic acids is 1. The number of fused-ring (bicyclic) bond motifs is 1. The van der Waals surface area contributed by atoms with E-state index < -0.39 is 12.0 Å². The van der Waals surface area contributed by atoms with Crippen molar-refractivity contribution in [3.05, 3.63) is 23.6 Å². The van der Waals surface area contributed by atoms with E-state index in [2.05, 4.69) is 10.3 Å². The van der Waals surface area contributed by atoms with Crippen molar-refractivity contribution >= 4 is 22.1 Å². The van der Waals surface area contributed by atoms with Crippen molar-refractivity contribution in [1.29, 1.82) is 0 Å². The van der Waals surface area contributed by atoms with Gasteiger partial charge in [-0.1, -0.05) is 0 Å². The second kappa shape index (κ2) is 4.12. The zero-order valence-corrected chi connectivity index (χ0v) is 9.98. The zero-order valence-electron chi connectivity index (χ0n) is 9.17. The third-order valence-electron chi connectivity index (χ3n) is 3.19. The van der Waals surface area contributed by atoms with Gasteiger partial charge in [0.15, 0.2) is 0 Å². The lowest BCUT2D eigenvalue weighted by Gasteiger charge is -2.27.